The van der Waals surface area contributed by atoms with E-state index in [1.54, 1.807) is 0 Å². The molecule has 0 unspecified atom stereocenters. The minimum absolute atomic E-state index is 0.0669. The summed E-state index contributed by atoms with van der Waals surface area (Å²) in [5.41, 5.74) is 2.70. The fourth-order valence-electron chi connectivity index (χ4n) is 2.73. The van der Waals surface area contributed by atoms with Gasteiger partial charge in [-0.2, -0.15) is 15.6 Å². The number of azo groups is 1. The third kappa shape index (κ3) is 2.39. The van der Waals surface area contributed by atoms with Crippen LogP contribution in [0.1, 0.15) is 11.4 Å². The molecule has 1 aliphatic heterocycles. The van der Waals surface area contributed by atoms with Crippen LogP contribution in [0.4, 0.5) is 11.4 Å². The van der Waals surface area contributed by atoms with Gasteiger partial charge in [0, 0.05) is 10.8 Å². The molecular formula is C19H10N6. The third-order valence-electron chi connectivity index (χ3n) is 3.86. The zero-order valence-electron chi connectivity index (χ0n) is 12.9. The van der Waals surface area contributed by atoms with Crippen molar-refractivity contribution >= 4 is 22.1 Å². The van der Waals surface area contributed by atoms with Crippen molar-refractivity contribution < 1.29 is 0 Å². The number of fused-ring (bicyclic) bond motifs is 3. The predicted molar refractivity (Wildman–Crippen MR) is 92.8 cm³/mol. The summed E-state index contributed by atoms with van der Waals surface area (Å²) < 4.78 is 0. The quantitative estimate of drug-likeness (QED) is 0.535. The van der Waals surface area contributed by atoms with E-state index < -0.39 is 0 Å². The molecule has 1 N–H and O–H groups in total. The lowest BCUT2D eigenvalue weighted by Crippen LogP contribution is -1.97. The average molecular weight is 322 g/mol. The molecule has 25 heavy (non-hydrogen) atoms. The van der Waals surface area contributed by atoms with Gasteiger partial charge >= 0.3 is 0 Å². The number of hydrogen-bond acceptors (Lipinski definition) is 5. The van der Waals surface area contributed by atoms with E-state index in [1.807, 2.05) is 66.7 Å². The zero-order valence-corrected chi connectivity index (χ0v) is 12.9. The molecule has 2 aromatic rings. The van der Waals surface area contributed by atoms with Gasteiger partial charge < -0.3 is 4.98 Å². The van der Waals surface area contributed by atoms with Crippen LogP contribution in [0.15, 0.2) is 64.8 Å². The first-order valence-corrected chi connectivity index (χ1v) is 7.53. The van der Waals surface area contributed by atoms with Gasteiger partial charge in [-0.1, -0.05) is 42.5 Å². The molecule has 0 fully saturated rings. The topological polar surface area (TPSA) is 101 Å². The molecule has 0 atom stereocenters. The molecule has 0 bridgehead atoms. The van der Waals surface area contributed by atoms with Crippen LogP contribution in [0.5, 0.6) is 0 Å². The monoisotopic (exact) mass is 322 g/mol. The van der Waals surface area contributed by atoms with E-state index in [1.165, 1.54) is 0 Å². The van der Waals surface area contributed by atoms with Crippen LogP contribution in [0, 0.1) is 22.7 Å². The second-order valence-corrected chi connectivity index (χ2v) is 5.34. The van der Waals surface area contributed by atoms with Gasteiger partial charge in [0.1, 0.15) is 17.8 Å². The molecule has 0 radical (unpaired) electrons. The number of benzene rings is 2. The highest BCUT2D eigenvalue weighted by Gasteiger charge is 2.22. The van der Waals surface area contributed by atoms with E-state index in [-0.39, 0.29) is 11.4 Å². The number of nitrogens with one attached hydrogen (secondary N) is 1. The first-order valence-electron chi connectivity index (χ1n) is 7.53. The number of H-pyrrole nitrogens is 1. The molecule has 0 saturated carbocycles. The summed E-state index contributed by atoms with van der Waals surface area (Å²) in [5.74, 6) is 0. The highest BCUT2D eigenvalue weighted by Crippen LogP contribution is 2.43. The standard InChI is InChI=1S/C19H10N6/c20-10-15-16(11-21)23-19-17(22-15)13-8-4-5-9-14(13)18(19)25-24-12-6-2-1-3-7-12/h1-9,23H. The summed E-state index contributed by atoms with van der Waals surface area (Å²) in [4.78, 5) is 7.34. The molecule has 6 nitrogen and oxygen atoms in total. The van der Waals surface area contributed by atoms with Crippen LogP contribution in [-0.2, 0) is 0 Å². The number of aromatic amines is 1. The Hall–Kier alpha value is -4.03. The van der Waals surface area contributed by atoms with Crippen molar-refractivity contribution in [2.45, 2.75) is 0 Å². The van der Waals surface area contributed by atoms with Gasteiger partial charge in [-0.15, -0.1) is 5.11 Å². The maximum absolute atomic E-state index is 9.26. The number of hydrogen-bond donors (Lipinski definition) is 1. The molecule has 0 spiro atoms. The van der Waals surface area contributed by atoms with Crippen LogP contribution in [0.2, 0.25) is 0 Å². The van der Waals surface area contributed by atoms with E-state index >= 15 is 0 Å². The van der Waals surface area contributed by atoms with Crippen molar-refractivity contribution in [1.82, 2.24) is 9.97 Å². The van der Waals surface area contributed by atoms with Gasteiger partial charge in [0.2, 0.25) is 0 Å². The van der Waals surface area contributed by atoms with Crippen molar-refractivity contribution in [2.24, 2.45) is 10.2 Å². The lowest BCUT2D eigenvalue weighted by atomic mass is 10.2. The zero-order chi connectivity index (χ0) is 17.2. The Kier molecular flexibility index (Phi) is 3.42. The molecule has 6 heteroatoms. The van der Waals surface area contributed by atoms with Crippen LogP contribution in [0.3, 0.4) is 0 Å². The number of nitriles is 2. The summed E-state index contributed by atoms with van der Waals surface area (Å²) in [7, 11) is 0. The minimum atomic E-state index is 0.0669. The smallest absolute Gasteiger partial charge is 0.175 e. The van der Waals surface area contributed by atoms with Gasteiger partial charge in [-0.05, 0) is 12.1 Å². The van der Waals surface area contributed by atoms with E-state index in [0.717, 1.165) is 16.5 Å². The first-order chi connectivity index (χ1) is 12.3. The molecule has 4 rings (SSSR count). The molecule has 1 aliphatic carbocycles. The Bertz CT molecular complexity index is 1160. The number of rotatable bonds is 2. The van der Waals surface area contributed by atoms with Crippen LogP contribution in [0.25, 0.3) is 22.2 Å². The summed E-state index contributed by atoms with van der Waals surface area (Å²) in [6.07, 6.45) is 0. The van der Waals surface area contributed by atoms with Crippen LogP contribution < -0.4 is 0 Å². The van der Waals surface area contributed by atoms with Crippen molar-refractivity contribution in [2.75, 3.05) is 0 Å². The minimum Gasteiger partial charge on any atom is -0.341 e. The highest BCUT2D eigenvalue weighted by atomic mass is 15.1. The lowest BCUT2D eigenvalue weighted by Gasteiger charge is -2.03. The Morgan fingerprint density at radius 2 is 1.56 bits per heavy atom. The van der Waals surface area contributed by atoms with E-state index in [4.69, 9.17) is 0 Å². The Balaban J connectivity index is 2.01. The molecule has 0 aromatic heterocycles. The van der Waals surface area contributed by atoms with Crippen LogP contribution in [-0.4, -0.2) is 9.97 Å². The van der Waals surface area contributed by atoms with Crippen molar-refractivity contribution in [1.29, 1.82) is 10.5 Å². The normalized spacial score (nSPS) is 11.0. The van der Waals surface area contributed by atoms with Gasteiger partial charge in [0.15, 0.2) is 11.4 Å². The SMILES string of the molecule is N#Cc1nc2c3ccccc3c(N=Nc3ccccc3)c-2[nH]c1C#N. The molecule has 116 valence electrons. The summed E-state index contributed by atoms with van der Waals surface area (Å²) in [5, 5.41) is 28.9. The fourth-order valence-corrected chi connectivity index (χ4v) is 2.73. The second-order valence-electron chi connectivity index (χ2n) is 5.34. The third-order valence-corrected chi connectivity index (χ3v) is 3.86. The predicted octanol–water partition coefficient (Wildman–Crippen LogP) is 4.83. The fraction of sp³-hybridized carbons (Fsp3) is 0. The second kappa shape index (κ2) is 5.88. The Labute approximate surface area is 143 Å². The van der Waals surface area contributed by atoms with Gasteiger partial charge in [0.05, 0.1) is 17.1 Å². The van der Waals surface area contributed by atoms with Crippen LogP contribution >= 0.6 is 0 Å². The Morgan fingerprint density at radius 3 is 2.28 bits per heavy atom. The van der Waals surface area contributed by atoms with Crippen molar-refractivity contribution in [3.05, 3.63) is 66.0 Å². The van der Waals surface area contributed by atoms with Crippen molar-refractivity contribution in [3.8, 4) is 23.5 Å². The lowest BCUT2D eigenvalue weighted by molar-refractivity contribution is 1.13. The largest absolute Gasteiger partial charge is 0.341 e. The molecule has 2 aromatic carbocycles. The maximum atomic E-state index is 9.26. The van der Waals surface area contributed by atoms with E-state index in [2.05, 4.69) is 20.2 Å². The molecule has 2 aliphatic rings. The summed E-state index contributed by atoms with van der Waals surface area (Å²) >= 11 is 0. The van der Waals surface area contributed by atoms with Crippen molar-refractivity contribution in [3.63, 3.8) is 0 Å². The molecule has 0 amide bonds. The van der Waals surface area contributed by atoms with Gasteiger partial charge in [-0.25, -0.2) is 4.98 Å². The average Bonchev–Trinajstić information content (AvgIpc) is 2.98. The number of nitrogens with zero attached hydrogens (tertiary/aromatic N) is 5. The highest BCUT2D eigenvalue weighted by molar-refractivity contribution is 6.09. The van der Waals surface area contributed by atoms with Gasteiger partial charge in [-0.3, -0.25) is 0 Å². The summed E-state index contributed by atoms with van der Waals surface area (Å²) in [6.45, 7) is 0. The number of aromatic nitrogens is 2. The van der Waals surface area contributed by atoms with E-state index in [9.17, 15) is 10.5 Å². The molecule has 0 saturated heterocycles. The molecule has 1 heterocycles. The Morgan fingerprint density at radius 1 is 0.840 bits per heavy atom. The van der Waals surface area contributed by atoms with E-state index in [0.29, 0.717) is 17.1 Å². The first kappa shape index (κ1) is 14.6. The van der Waals surface area contributed by atoms with Gasteiger partial charge in [0.25, 0.3) is 0 Å². The maximum Gasteiger partial charge on any atom is 0.175 e. The molecular weight excluding hydrogens is 312 g/mol. The summed E-state index contributed by atoms with van der Waals surface area (Å²) in [6, 6.07) is 20.9.